The molecule has 0 radical (unpaired) electrons. The Bertz CT molecular complexity index is 724. The lowest BCUT2D eigenvalue weighted by atomic mass is 10.1. The van der Waals surface area contributed by atoms with E-state index in [4.69, 9.17) is 4.74 Å². The largest absolute Gasteiger partial charge is 0.444 e. The zero-order valence-electron chi connectivity index (χ0n) is 13.9. The summed E-state index contributed by atoms with van der Waals surface area (Å²) < 4.78 is 6.51. The van der Waals surface area contributed by atoms with Crippen molar-refractivity contribution in [2.24, 2.45) is 0 Å². The maximum Gasteiger partial charge on any atom is 0.339 e. The molecule has 1 saturated heterocycles. The van der Waals surface area contributed by atoms with E-state index in [0.717, 1.165) is 36.8 Å². The molecule has 0 unspecified atom stereocenters. The number of carbonyl (C=O) groups excluding carboxylic acids is 2. The van der Waals surface area contributed by atoms with Gasteiger partial charge in [-0.3, -0.25) is 4.79 Å². The normalized spacial score (nSPS) is 15.5. The second-order valence-corrected chi connectivity index (χ2v) is 7.00. The molecule has 0 saturated carbocycles. The number of esters is 1. The minimum Gasteiger partial charge on any atom is -0.444 e. The van der Waals surface area contributed by atoms with E-state index < -0.39 is 12.1 Å². The summed E-state index contributed by atoms with van der Waals surface area (Å²) in [4.78, 5) is 27.3. The molecular formula is C20H20BrNO3. The average molecular weight is 402 g/mol. The zero-order chi connectivity index (χ0) is 17.6. The van der Waals surface area contributed by atoms with Crippen LogP contribution in [0.4, 0.5) is 0 Å². The topological polar surface area (TPSA) is 46.6 Å². The predicted octanol–water partition coefficient (Wildman–Crippen LogP) is 4.36. The Morgan fingerprint density at radius 2 is 1.56 bits per heavy atom. The lowest BCUT2D eigenvalue weighted by molar-refractivity contribution is -0.142. The van der Waals surface area contributed by atoms with Gasteiger partial charge in [0.05, 0.1) is 5.56 Å². The standard InChI is InChI=1S/C20H20BrNO3/c21-17-11-9-16(10-12-17)20(24)25-18(15-7-3-1-4-8-15)19(23)22-13-5-2-6-14-22/h1,3-4,7-12,18H,2,5-6,13-14H2/t18-/m1/s1. The molecular weight excluding hydrogens is 382 g/mol. The van der Waals surface area contributed by atoms with E-state index in [2.05, 4.69) is 15.9 Å². The Labute approximate surface area is 155 Å². The summed E-state index contributed by atoms with van der Waals surface area (Å²) in [5.41, 5.74) is 1.12. The number of halogens is 1. The van der Waals surface area contributed by atoms with Crippen molar-refractivity contribution in [1.29, 1.82) is 0 Å². The Kier molecular flexibility index (Phi) is 5.87. The number of piperidine rings is 1. The zero-order valence-corrected chi connectivity index (χ0v) is 15.4. The third-order valence-corrected chi connectivity index (χ3v) is 4.83. The summed E-state index contributed by atoms with van der Waals surface area (Å²) >= 11 is 3.34. The van der Waals surface area contributed by atoms with Crippen LogP contribution in [0.25, 0.3) is 0 Å². The molecule has 1 atom stereocenters. The Morgan fingerprint density at radius 3 is 2.20 bits per heavy atom. The molecule has 1 amide bonds. The molecule has 4 nitrogen and oxygen atoms in total. The summed E-state index contributed by atoms with van der Waals surface area (Å²) in [5.74, 6) is -0.636. The van der Waals surface area contributed by atoms with Crippen molar-refractivity contribution in [2.45, 2.75) is 25.4 Å². The van der Waals surface area contributed by atoms with Gasteiger partial charge in [0, 0.05) is 23.1 Å². The molecule has 1 aliphatic rings. The van der Waals surface area contributed by atoms with Gasteiger partial charge in [0.1, 0.15) is 0 Å². The average Bonchev–Trinajstić information content (AvgIpc) is 2.67. The molecule has 5 heteroatoms. The number of rotatable bonds is 4. The highest BCUT2D eigenvalue weighted by Gasteiger charge is 2.30. The number of hydrogen-bond donors (Lipinski definition) is 0. The molecule has 2 aromatic carbocycles. The molecule has 0 N–H and O–H groups in total. The minimum atomic E-state index is -0.907. The highest BCUT2D eigenvalue weighted by molar-refractivity contribution is 9.10. The van der Waals surface area contributed by atoms with Crippen LogP contribution in [-0.2, 0) is 9.53 Å². The van der Waals surface area contributed by atoms with Crippen molar-refractivity contribution in [3.8, 4) is 0 Å². The molecule has 1 heterocycles. The Balaban J connectivity index is 1.82. The molecule has 0 aromatic heterocycles. The van der Waals surface area contributed by atoms with E-state index in [1.54, 1.807) is 29.2 Å². The van der Waals surface area contributed by atoms with E-state index in [1.807, 2.05) is 30.3 Å². The van der Waals surface area contributed by atoms with Crippen LogP contribution in [0.3, 0.4) is 0 Å². The van der Waals surface area contributed by atoms with Gasteiger partial charge in [-0.15, -0.1) is 0 Å². The van der Waals surface area contributed by atoms with Gasteiger partial charge >= 0.3 is 5.97 Å². The number of benzene rings is 2. The lowest BCUT2D eigenvalue weighted by Crippen LogP contribution is -2.40. The van der Waals surface area contributed by atoms with Gasteiger partial charge in [0.25, 0.3) is 5.91 Å². The van der Waals surface area contributed by atoms with Crippen LogP contribution in [0, 0.1) is 0 Å². The van der Waals surface area contributed by atoms with E-state index in [-0.39, 0.29) is 5.91 Å². The summed E-state index contributed by atoms with van der Waals surface area (Å²) in [6.07, 6.45) is 2.22. The van der Waals surface area contributed by atoms with Crippen molar-refractivity contribution < 1.29 is 14.3 Å². The molecule has 1 fully saturated rings. The molecule has 25 heavy (non-hydrogen) atoms. The summed E-state index contributed by atoms with van der Waals surface area (Å²) in [7, 11) is 0. The van der Waals surface area contributed by atoms with E-state index in [0.29, 0.717) is 11.1 Å². The van der Waals surface area contributed by atoms with Gasteiger partial charge in [-0.05, 0) is 43.5 Å². The molecule has 0 spiro atoms. The second-order valence-electron chi connectivity index (χ2n) is 6.09. The van der Waals surface area contributed by atoms with Gasteiger partial charge in [-0.25, -0.2) is 4.79 Å². The molecule has 0 aliphatic carbocycles. The fourth-order valence-electron chi connectivity index (χ4n) is 2.93. The number of carbonyl (C=O) groups is 2. The van der Waals surface area contributed by atoms with Crippen molar-refractivity contribution in [2.75, 3.05) is 13.1 Å². The van der Waals surface area contributed by atoms with E-state index in [1.165, 1.54) is 0 Å². The quantitative estimate of drug-likeness (QED) is 0.714. The number of likely N-dealkylation sites (tertiary alicyclic amines) is 1. The molecule has 3 rings (SSSR count). The molecule has 0 bridgehead atoms. The third-order valence-electron chi connectivity index (χ3n) is 4.30. The lowest BCUT2D eigenvalue weighted by Gasteiger charge is -2.30. The van der Waals surface area contributed by atoms with Crippen LogP contribution in [0.1, 0.15) is 41.3 Å². The third kappa shape index (κ3) is 4.48. The Morgan fingerprint density at radius 1 is 0.920 bits per heavy atom. The smallest absolute Gasteiger partial charge is 0.339 e. The monoisotopic (exact) mass is 401 g/mol. The molecule has 2 aromatic rings. The first-order chi connectivity index (χ1) is 12.1. The SMILES string of the molecule is O=C(O[C@@H](C(=O)N1CCCCC1)c1ccccc1)c1ccc(Br)cc1. The number of amides is 1. The number of ether oxygens (including phenoxy) is 1. The van der Waals surface area contributed by atoms with Crippen molar-refractivity contribution in [3.05, 3.63) is 70.2 Å². The van der Waals surface area contributed by atoms with Crippen molar-refractivity contribution >= 4 is 27.8 Å². The number of hydrogen-bond acceptors (Lipinski definition) is 3. The maximum absolute atomic E-state index is 13.0. The van der Waals surface area contributed by atoms with Crippen molar-refractivity contribution in [3.63, 3.8) is 0 Å². The highest BCUT2D eigenvalue weighted by Crippen LogP contribution is 2.24. The number of nitrogens with zero attached hydrogens (tertiary/aromatic N) is 1. The first-order valence-corrected chi connectivity index (χ1v) is 9.25. The van der Waals surface area contributed by atoms with Crippen LogP contribution in [0.2, 0.25) is 0 Å². The van der Waals surface area contributed by atoms with E-state index >= 15 is 0 Å². The molecule has 1 aliphatic heterocycles. The maximum atomic E-state index is 13.0. The van der Waals surface area contributed by atoms with Gasteiger partial charge in [-0.2, -0.15) is 0 Å². The minimum absolute atomic E-state index is 0.142. The van der Waals surface area contributed by atoms with Gasteiger partial charge in [0.2, 0.25) is 6.10 Å². The fraction of sp³-hybridized carbons (Fsp3) is 0.300. The summed E-state index contributed by atoms with van der Waals surface area (Å²) in [6.45, 7) is 1.44. The first-order valence-electron chi connectivity index (χ1n) is 8.45. The highest BCUT2D eigenvalue weighted by atomic mass is 79.9. The molecule has 130 valence electrons. The second kappa shape index (κ2) is 8.30. The van der Waals surface area contributed by atoms with Gasteiger partial charge in [0.15, 0.2) is 0 Å². The van der Waals surface area contributed by atoms with Crippen molar-refractivity contribution in [1.82, 2.24) is 4.90 Å². The summed E-state index contributed by atoms with van der Waals surface area (Å²) in [6, 6.07) is 16.1. The fourth-order valence-corrected chi connectivity index (χ4v) is 3.19. The van der Waals surface area contributed by atoms with Crippen LogP contribution in [-0.4, -0.2) is 29.9 Å². The Hall–Kier alpha value is -2.14. The predicted molar refractivity (Wildman–Crippen MR) is 99.2 cm³/mol. The van der Waals surface area contributed by atoms with Gasteiger partial charge < -0.3 is 9.64 Å². The first kappa shape index (κ1) is 17.7. The van der Waals surface area contributed by atoms with E-state index in [9.17, 15) is 9.59 Å². The van der Waals surface area contributed by atoms with Crippen LogP contribution < -0.4 is 0 Å². The summed E-state index contributed by atoms with van der Waals surface area (Å²) in [5, 5.41) is 0. The van der Waals surface area contributed by atoms with Gasteiger partial charge in [-0.1, -0.05) is 46.3 Å². The van der Waals surface area contributed by atoms with Crippen LogP contribution >= 0.6 is 15.9 Å². The van der Waals surface area contributed by atoms with Crippen LogP contribution in [0.5, 0.6) is 0 Å². The van der Waals surface area contributed by atoms with Crippen LogP contribution in [0.15, 0.2) is 59.1 Å².